The third kappa shape index (κ3) is 2.42. The van der Waals surface area contributed by atoms with Crippen LogP contribution in [0.5, 0.6) is 0 Å². The molecular weight excluding hydrogens is 305 g/mol. The minimum Gasteiger partial charge on any atom is -0.367 e. The summed E-state index contributed by atoms with van der Waals surface area (Å²) in [5, 5.41) is 0. The van der Waals surface area contributed by atoms with Crippen molar-refractivity contribution in [2.24, 2.45) is 0 Å². The number of hydrogen-bond donors (Lipinski definition) is 0. The van der Waals surface area contributed by atoms with Gasteiger partial charge in [-0.3, -0.25) is 9.20 Å². The van der Waals surface area contributed by atoms with Crippen LogP contribution < -0.4 is 10.5 Å². The smallest absolute Gasteiger partial charge is 0.255 e. The zero-order valence-corrected chi connectivity index (χ0v) is 14.6. The Morgan fingerprint density at radius 2 is 1.96 bits per heavy atom. The van der Waals surface area contributed by atoms with E-state index in [1.165, 1.54) is 16.2 Å². The van der Waals surface area contributed by atoms with E-state index in [1.54, 1.807) is 6.07 Å². The van der Waals surface area contributed by atoms with E-state index >= 15 is 0 Å². The molecule has 1 saturated carbocycles. The first-order valence-electron chi connectivity index (χ1n) is 8.73. The molecule has 1 atom stereocenters. The Bertz CT molecular complexity index is 854. The maximum Gasteiger partial charge on any atom is 0.255 e. The summed E-state index contributed by atoms with van der Waals surface area (Å²) in [6.45, 7) is 3.64. The van der Waals surface area contributed by atoms with Crippen molar-refractivity contribution in [3.8, 4) is 0 Å². The standard InChI is InChI=1S/C19H24FN3O/c1-12-18-15(13-4-5-13)6-7-17(24)23(18)11-16(20)19(12)22-9-8-14(10-22)21(2)3/h6-7,11,13-14H,4-5,8-10H2,1-3H3/t14-/m1/s1. The van der Waals surface area contributed by atoms with Gasteiger partial charge in [-0.2, -0.15) is 0 Å². The number of fused-ring (bicyclic) bond motifs is 1. The van der Waals surface area contributed by atoms with E-state index in [0.717, 1.165) is 43.4 Å². The van der Waals surface area contributed by atoms with E-state index in [4.69, 9.17) is 0 Å². The van der Waals surface area contributed by atoms with Crippen LogP contribution in [0.25, 0.3) is 5.52 Å². The highest BCUT2D eigenvalue weighted by Crippen LogP contribution is 2.43. The maximum absolute atomic E-state index is 14.9. The Morgan fingerprint density at radius 1 is 1.21 bits per heavy atom. The number of rotatable bonds is 3. The summed E-state index contributed by atoms with van der Waals surface area (Å²) in [5.74, 6) is 0.222. The molecule has 128 valence electrons. The fraction of sp³-hybridized carbons (Fsp3) is 0.526. The van der Waals surface area contributed by atoms with Crippen LogP contribution in [0.3, 0.4) is 0 Å². The van der Waals surface area contributed by atoms with Crippen LogP contribution in [0.4, 0.5) is 10.1 Å². The SMILES string of the molecule is Cc1c(N2CC[C@@H](N(C)C)C2)c(F)cn2c(=O)ccc(C3CC3)c12. The molecule has 1 saturated heterocycles. The molecule has 3 heterocycles. The predicted molar refractivity (Wildman–Crippen MR) is 94.6 cm³/mol. The van der Waals surface area contributed by atoms with Gasteiger partial charge in [0, 0.05) is 25.2 Å². The van der Waals surface area contributed by atoms with Crippen molar-refractivity contribution in [2.75, 3.05) is 32.1 Å². The molecule has 4 nitrogen and oxygen atoms in total. The molecule has 1 aliphatic carbocycles. The van der Waals surface area contributed by atoms with Crippen LogP contribution >= 0.6 is 0 Å². The monoisotopic (exact) mass is 329 g/mol. The van der Waals surface area contributed by atoms with Crippen LogP contribution in [-0.2, 0) is 0 Å². The van der Waals surface area contributed by atoms with E-state index in [9.17, 15) is 9.18 Å². The van der Waals surface area contributed by atoms with E-state index < -0.39 is 0 Å². The first kappa shape index (κ1) is 15.6. The lowest BCUT2D eigenvalue weighted by Crippen LogP contribution is -2.32. The summed E-state index contributed by atoms with van der Waals surface area (Å²) < 4.78 is 16.4. The molecule has 0 radical (unpaired) electrons. The van der Waals surface area contributed by atoms with Gasteiger partial charge in [-0.25, -0.2) is 4.39 Å². The third-order valence-electron chi connectivity index (χ3n) is 5.56. The lowest BCUT2D eigenvalue weighted by atomic mass is 10.0. The first-order valence-corrected chi connectivity index (χ1v) is 8.73. The van der Waals surface area contributed by atoms with Gasteiger partial charge in [0.1, 0.15) is 0 Å². The van der Waals surface area contributed by atoms with Gasteiger partial charge in [-0.1, -0.05) is 6.07 Å². The summed E-state index contributed by atoms with van der Waals surface area (Å²) in [7, 11) is 4.14. The van der Waals surface area contributed by atoms with E-state index in [-0.39, 0.29) is 11.4 Å². The molecule has 0 unspecified atom stereocenters. The summed E-state index contributed by atoms with van der Waals surface area (Å²) in [6, 6.07) is 3.95. The second kappa shape index (κ2) is 5.59. The Morgan fingerprint density at radius 3 is 2.58 bits per heavy atom. The van der Waals surface area contributed by atoms with Crippen LogP contribution in [0.1, 0.15) is 36.3 Å². The van der Waals surface area contributed by atoms with Crippen molar-refractivity contribution in [1.29, 1.82) is 0 Å². The van der Waals surface area contributed by atoms with Gasteiger partial charge in [0.05, 0.1) is 17.4 Å². The Labute approximate surface area is 141 Å². The molecule has 0 spiro atoms. The fourth-order valence-corrected chi connectivity index (χ4v) is 4.04. The van der Waals surface area contributed by atoms with Gasteiger partial charge in [-0.15, -0.1) is 0 Å². The zero-order chi connectivity index (χ0) is 17.0. The van der Waals surface area contributed by atoms with Crippen molar-refractivity contribution in [1.82, 2.24) is 9.30 Å². The van der Waals surface area contributed by atoms with Crippen molar-refractivity contribution in [2.45, 2.75) is 38.1 Å². The zero-order valence-electron chi connectivity index (χ0n) is 14.6. The number of nitrogens with zero attached hydrogens (tertiary/aromatic N) is 3. The van der Waals surface area contributed by atoms with Gasteiger partial charge >= 0.3 is 0 Å². The van der Waals surface area contributed by atoms with Crippen LogP contribution in [0, 0.1) is 12.7 Å². The first-order chi connectivity index (χ1) is 11.5. The third-order valence-corrected chi connectivity index (χ3v) is 5.56. The minimum absolute atomic E-state index is 0.157. The van der Waals surface area contributed by atoms with Gasteiger partial charge in [0.25, 0.3) is 5.56 Å². The summed E-state index contributed by atoms with van der Waals surface area (Å²) >= 11 is 0. The van der Waals surface area contributed by atoms with E-state index in [2.05, 4.69) is 23.9 Å². The molecule has 0 bridgehead atoms. The van der Waals surface area contributed by atoms with Crippen molar-refractivity contribution < 1.29 is 4.39 Å². The molecule has 0 N–H and O–H groups in total. The summed E-state index contributed by atoms with van der Waals surface area (Å²) in [5.41, 5.74) is 3.52. The molecule has 0 amide bonds. The minimum atomic E-state index is -0.297. The molecule has 2 aromatic heterocycles. The van der Waals surface area contributed by atoms with Gasteiger partial charge in [-0.05, 0) is 57.3 Å². The Kier molecular flexibility index (Phi) is 3.64. The average Bonchev–Trinajstić information content (AvgIpc) is 3.26. The Hall–Kier alpha value is -1.88. The van der Waals surface area contributed by atoms with Crippen LogP contribution in [0.15, 0.2) is 23.1 Å². The van der Waals surface area contributed by atoms with Gasteiger partial charge in [0.2, 0.25) is 0 Å². The van der Waals surface area contributed by atoms with Crippen molar-refractivity contribution in [3.63, 3.8) is 0 Å². The number of likely N-dealkylation sites (N-methyl/N-ethyl adjacent to an activating group) is 1. The average molecular weight is 329 g/mol. The second-order valence-electron chi connectivity index (χ2n) is 7.42. The molecule has 24 heavy (non-hydrogen) atoms. The number of pyridine rings is 2. The normalized spacial score (nSPS) is 21.2. The highest BCUT2D eigenvalue weighted by Gasteiger charge is 2.31. The summed E-state index contributed by atoms with van der Waals surface area (Å²) in [6.07, 6.45) is 4.74. The molecular formula is C19H24FN3O. The predicted octanol–water partition coefficient (Wildman–Crippen LogP) is 2.76. The molecule has 0 aromatic carbocycles. The lowest BCUT2D eigenvalue weighted by Gasteiger charge is -2.25. The second-order valence-corrected chi connectivity index (χ2v) is 7.42. The Balaban J connectivity index is 1.88. The quantitative estimate of drug-likeness (QED) is 0.867. The number of anilines is 1. The van der Waals surface area contributed by atoms with Crippen molar-refractivity contribution in [3.05, 3.63) is 45.6 Å². The number of halogens is 1. The van der Waals surface area contributed by atoms with Crippen molar-refractivity contribution >= 4 is 11.2 Å². The molecule has 5 heteroatoms. The summed E-state index contributed by atoms with van der Waals surface area (Å²) in [4.78, 5) is 16.6. The van der Waals surface area contributed by atoms with E-state index in [1.807, 2.05) is 13.0 Å². The van der Waals surface area contributed by atoms with Gasteiger partial charge < -0.3 is 9.80 Å². The van der Waals surface area contributed by atoms with E-state index in [0.29, 0.717) is 17.6 Å². The highest BCUT2D eigenvalue weighted by molar-refractivity contribution is 5.73. The molecule has 2 aliphatic rings. The largest absolute Gasteiger partial charge is 0.367 e. The number of hydrogen-bond acceptors (Lipinski definition) is 3. The maximum atomic E-state index is 14.9. The molecule has 2 aromatic rings. The van der Waals surface area contributed by atoms with Gasteiger partial charge in [0.15, 0.2) is 5.82 Å². The number of aryl methyl sites for hydroxylation is 1. The van der Waals surface area contributed by atoms with Crippen LogP contribution in [0.2, 0.25) is 0 Å². The molecule has 4 rings (SSSR count). The topological polar surface area (TPSA) is 28.0 Å². The molecule has 2 fully saturated rings. The highest BCUT2D eigenvalue weighted by atomic mass is 19.1. The molecule has 1 aliphatic heterocycles. The number of aromatic nitrogens is 1. The fourth-order valence-electron chi connectivity index (χ4n) is 4.04. The van der Waals surface area contributed by atoms with Crippen LogP contribution in [-0.4, -0.2) is 42.5 Å². The lowest BCUT2D eigenvalue weighted by molar-refractivity contribution is 0.315.